The summed E-state index contributed by atoms with van der Waals surface area (Å²) in [5.74, 6) is -1.03. The molecule has 0 aromatic carbocycles. The van der Waals surface area contributed by atoms with E-state index in [0.717, 1.165) is 7.11 Å². The van der Waals surface area contributed by atoms with Crippen LogP contribution in [0.1, 0.15) is 23.4 Å². The Morgan fingerprint density at radius 2 is 2.05 bits per heavy atom. The highest BCUT2D eigenvalue weighted by atomic mass is 35.5. The second-order valence-electron chi connectivity index (χ2n) is 3.40. The first-order chi connectivity index (χ1) is 8.66. The van der Waals surface area contributed by atoms with Crippen LogP contribution in [0.2, 0.25) is 5.02 Å². The molecule has 0 unspecified atom stereocenters. The minimum absolute atomic E-state index is 0.328. The lowest BCUT2D eigenvalue weighted by atomic mass is 10.1. The van der Waals surface area contributed by atoms with E-state index in [1.807, 2.05) is 0 Å². The lowest BCUT2D eigenvalue weighted by molar-refractivity contribution is -0.141. The first-order valence-electron chi connectivity index (χ1n) is 4.78. The second-order valence-corrected chi connectivity index (χ2v) is 3.81. The molecule has 19 heavy (non-hydrogen) atoms. The predicted molar refractivity (Wildman–Crippen MR) is 54.9 cm³/mol. The van der Waals surface area contributed by atoms with Crippen molar-refractivity contribution in [3.63, 3.8) is 0 Å². The van der Waals surface area contributed by atoms with Crippen molar-refractivity contribution >= 4 is 17.6 Å². The van der Waals surface area contributed by atoms with E-state index in [1.54, 1.807) is 0 Å². The number of carbonyl (C=O) groups excluding carboxylic acids is 1. The molecule has 0 aliphatic carbocycles. The van der Waals surface area contributed by atoms with Crippen molar-refractivity contribution in [2.45, 2.75) is 19.0 Å². The Hall–Kier alpha value is -1.44. The number of esters is 1. The van der Waals surface area contributed by atoms with Gasteiger partial charge in [-0.2, -0.15) is 13.2 Å². The highest BCUT2D eigenvalue weighted by molar-refractivity contribution is 6.31. The van der Waals surface area contributed by atoms with Crippen LogP contribution >= 0.6 is 11.6 Å². The lowest BCUT2D eigenvalue weighted by Crippen LogP contribution is -2.16. The number of ether oxygens (including phenoxy) is 1. The highest BCUT2D eigenvalue weighted by Gasteiger charge is 2.36. The van der Waals surface area contributed by atoms with Gasteiger partial charge in [-0.05, 0) is 6.07 Å². The fourth-order valence-corrected chi connectivity index (χ4v) is 1.52. The molecule has 0 fully saturated rings. The van der Waals surface area contributed by atoms with Crippen LogP contribution in [-0.4, -0.2) is 18.1 Å². The third-order valence-corrected chi connectivity index (χ3v) is 2.44. The van der Waals surface area contributed by atoms with E-state index in [4.69, 9.17) is 11.6 Å². The van der Waals surface area contributed by atoms with Crippen molar-refractivity contribution < 1.29 is 31.5 Å². The van der Waals surface area contributed by atoms with Crippen molar-refractivity contribution in [1.29, 1.82) is 0 Å². The zero-order valence-corrected chi connectivity index (χ0v) is 10.1. The average Bonchev–Trinajstić information content (AvgIpc) is 2.28. The number of aromatic nitrogens is 1. The fraction of sp³-hybridized carbons (Fsp3) is 0.400. The van der Waals surface area contributed by atoms with Crippen molar-refractivity contribution in [1.82, 2.24) is 4.98 Å². The topological polar surface area (TPSA) is 39.2 Å². The summed E-state index contributed by atoms with van der Waals surface area (Å²) in [6.07, 6.45) is -8.88. The van der Waals surface area contributed by atoms with Gasteiger partial charge in [0.2, 0.25) is 0 Å². The van der Waals surface area contributed by atoms with Crippen LogP contribution < -0.4 is 0 Å². The Bertz CT molecular complexity index is 490. The molecule has 0 amide bonds. The van der Waals surface area contributed by atoms with E-state index in [0.29, 0.717) is 6.07 Å². The number of pyridine rings is 1. The SMILES string of the molecule is COC(=O)Cc1nc(C(F)F)c(Cl)cc1C(F)(F)F. The molecular weight excluding hydrogens is 297 g/mol. The van der Waals surface area contributed by atoms with E-state index < -0.39 is 47.0 Å². The van der Waals surface area contributed by atoms with Crippen LogP contribution in [0.25, 0.3) is 0 Å². The Morgan fingerprint density at radius 3 is 2.47 bits per heavy atom. The standard InChI is InChI=1S/C10H7ClF5NO2/c1-19-7(18)3-6-4(10(14,15)16)2-5(11)8(17-6)9(12)13/h2,9H,3H2,1H3. The number of hydrogen-bond acceptors (Lipinski definition) is 3. The number of hydrogen-bond donors (Lipinski definition) is 0. The molecular formula is C10H7ClF5NO2. The van der Waals surface area contributed by atoms with Crippen LogP contribution in [0.5, 0.6) is 0 Å². The average molecular weight is 304 g/mol. The van der Waals surface area contributed by atoms with Crippen molar-refractivity contribution in [2.75, 3.05) is 7.11 Å². The van der Waals surface area contributed by atoms with E-state index in [9.17, 15) is 26.7 Å². The molecule has 0 spiro atoms. The number of alkyl halides is 5. The van der Waals surface area contributed by atoms with E-state index in [2.05, 4.69) is 9.72 Å². The van der Waals surface area contributed by atoms with Gasteiger partial charge in [0, 0.05) is 0 Å². The molecule has 0 radical (unpaired) electrons. The van der Waals surface area contributed by atoms with Crippen LogP contribution in [0.15, 0.2) is 6.07 Å². The van der Waals surface area contributed by atoms with Gasteiger partial charge in [-0.1, -0.05) is 11.6 Å². The molecule has 106 valence electrons. The van der Waals surface area contributed by atoms with Gasteiger partial charge in [-0.25, -0.2) is 13.8 Å². The number of carbonyl (C=O) groups is 1. The van der Waals surface area contributed by atoms with Gasteiger partial charge in [0.1, 0.15) is 5.69 Å². The maximum atomic E-state index is 12.7. The van der Waals surface area contributed by atoms with Crippen molar-refractivity contribution in [3.8, 4) is 0 Å². The Kier molecular flexibility index (Phi) is 4.67. The van der Waals surface area contributed by atoms with Gasteiger partial charge in [0.05, 0.1) is 29.8 Å². The van der Waals surface area contributed by atoms with E-state index in [-0.39, 0.29) is 0 Å². The molecule has 3 nitrogen and oxygen atoms in total. The minimum Gasteiger partial charge on any atom is -0.469 e. The number of methoxy groups -OCH3 is 1. The molecule has 0 atom stereocenters. The summed E-state index contributed by atoms with van der Waals surface area (Å²) in [5.41, 5.74) is -3.19. The smallest absolute Gasteiger partial charge is 0.418 e. The third kappa shape index (κ3) is 3.76. The Balaban J connectivity index is 3.37. The summed E-state index contributed by atoms with van der Waals surface area (Å²) < 4.78 is 67.2. The summed E-state index contributed by atoms with van der Waals surface area (Å²) in [6.45, 7) is 0. The van der Waals surface area contributed by atoms with Crippen LogP contribution in [-0.2, 0) is 22.1 Å². The number of rotatable bonds is 3. The Morgan fingerprint density at radius 1 is 1.47 bits per heavy atom. The predicted octanol–water partition coefficient (Wildman–Crippen LogP) is 3.41. The summed E-state index contributed by atoms with van der Waals surface area (Å²) in [6, 6.07) is 0.328. The van der Waals surface area contributed by atoms with Gasteiger partial charge in [0.25, 0.3) is 6.43 Å². The van der Waals surface area contributed by atoms with Gasteiger partial charge in [-0.3, -0.25) is 4.79 Å². The molecule has 1 aromatic heterocycles. The summed E-state index contributed by atoms with van der Waals surface area (Å²) in [5, 5.41) is -0.809. The van der Waals surface area contributed by atoms with Crippen LogP contribution in [0, 0.1) is 0 Å². The molecule has 1 rings (SSSR count). The van der Waals surface area contributed by atoms with Crippen molar-refractivity contribution in [3.05, 3.63) is 28.0 Å². The van der Waals surface area contributed by atoms with Gasteiger partial charge in [0.15, 0.2) is 0 Å². The first kappa shape index (κ1) is 15.6. The van der Waals surface area contributed by atoms with E-state index >= 15 is 0 Å². The van der Waals surface area contributed by atoms with E-state index in [1.165, 1.54) is 0 Å². The third-order valence-electron chi connectivity index (χ3n) is 2.13. The van der Waals surface area contributed by atoms with Gasteiger partial charge < -0.3 is 4.74 Å². The Labute approximate surface area is 109 Å². The van der Waals surface area contributed by atoms with Crippen molar-refractivity contribution in [2.24, 2.45) is 0 Å². The van der Waals surface area contributed by atoms with Gasteiger partial charge in [-0.15, -0.1) is 0 Å². The first-order valence-corrected chi connectivity index (χ1v) is 5.16. The molecule has 9 heteroatoms. The molecule has 1 heterocycles. The summed E-state index contributed by atoms with van der Waals surface area (Å²) >= 11 is 5.31. The lowest BCUT2D eigenvalue weighted by Gasteiger charge is -2.14. The maximum absolute atomic E-state index is 12.7. The molecule has 0 saturated heterocycles. The molecule has 0 aliphatic rings. The van der Waals surface area contributed by atoms with Gasteiger partial charge >= 0.3 is 12.1 Å². The molecule has 1 aromatic rings. The number of halogens is 6. The fourth-order valence-electron chi connectivity index (χ4n) is 1.29. The largest absolute Gasteiger partial charge is 0.469 e. The highest BCUT2D eigenvalue weighted by Crippen LogP contribution is 2.36. The summed E-state index contributed by atoms with van der Waals surface area (Å²) in [7, 11) is 0.958. The zero-order valence-electron chi connectivity index (χ0n) is 9.39. The monoisotopic (exact) mass is 303 g/mol. The minimum atomic E-state index is -4.86. The molecule has 0 saturated carbocycles. The quantitative estimate of drug-likeness (QED) is 0.634. The van der Waals surface area contributed by atoms with Crippen LogP contribution in [0.3, 0.4) is 0 Å². The summed E-state index contributed by atoms with van der Waals surface area (Å²) in [4.78, 5) is 14.1. The number of nitrogens with zero attached hydrogens (tertiary/aromatic N) is 1. The zero-order chi connectivity index (χ0) is 14.8. The second kappa shape index (κ2) is 5.68. The maximum Gasteiger partial charge on any atom is 0.418 e. The molecule has 0 aliphatic heterocycles. The normalized spacial score (nSPS) is 11.8. The molecule has 0 bridgehead atoms. The molecule has 0 N–H and O–H groups in total. The van der Waals surface area contributed by atoms with Crippen LogP contribution in [0.4, 0.5) is 22.0 Å².